The Labute approximate surface area is 106 Å². The van der Waals surface area contributed by atoms with Crippen LogP contribution < -0.4 is 9.04 Å². The van der Waals surface area contributed by atoms with Gasteiger partial charge in [0.2, 0.25) is 5.95 Å². The standard InChI is InChI=1S/C10H12N4O3S/c1-7-3-4-9(17-2)8(5-7)14(18(15)16)10-11-6-12-13-10/h3-6H,1-2H3,(H,15,16)(H,11,12,13)/p-1. The zero-order chi connectivity index (χ0) is 13.1. The number of nitrogens with one attached hydrogen (secondary N) is 1. The molecule has 0 aliphatic heterocycles. The summed E-state index contributed by atoms with van der Waals surface area (Å²) in [7, 11) is 1.47. The van der Waals surface area contributed by atoms with E-state index < -0.39 is 11.3 Å². The largest absolute Gasteiger partial charge is 0.755 e. The van der Waals surface area contributed by atoms with E-state index in [0.29, 0.717) is 11.4 Å². The second-order valence-electron chi connectivity index (χ2n) is 3.50. The van der Waals surface area contributed by atoms with Crippen LogP contribution in [0.25, 0.3) is 0 Å². The Morgan fingerprint density at radius 1 is 1.50 bits per heavy atom. The fourth-order valence-corrected chi connectivity index (χ4v) is 2.05. The summed E-state index contributed by atoms with van der Waals surface area (Å²) in [6, 6.07) is 5.21. The number of rotatable bonds is 4. The summed E-state index contributed by atoms with van der Waals surface area (Å²) < 4.78 is 28.9. The minimum Gasteiger partial charge on any atom is -0.755 e. The third kappa shape index (κ3) is 2.34. The maximum Gasteiger partial charge on any atom is 0.237 e. The lowest BCUT2D eigenvalue weighted by molar-refractivity contribution is 0.415. The first-order chi connectivity index (χ1) is 8.63. The minimum atomic E-state index is -2.53. The van der Waals surface area contributed by atoms with E-state index in [0.717, 1.165) is 9.87 Å². The molecule has 0 aliphatic rings. The number of anilines is 2. The van der Waals surface area contributed by atoms with Gasteiger partial charge in [0.1, 0.15) is 12.1 Å². The minimum absolute atomic E-state index is 0.104. The van der Waals surface area contributed by atoms with Crippen LogP contribution >= 0.6 is 0 Å². The van der Waals surface area contributed by atoms with Crippen LogP contribution in [0.5, 0.6) is 5.75 Å². The molecule has 0 spiro atoms. The lowest BCUT2D eigenvalue weighted by Gasteiger charge is -2.25. The predicted molar refractivity (Wildman–Crippen MR) is 65.2 cm³/mol. The average Bonchev–Trinajstić information content (AvgIpc) is 2.83. The van der Waals surface area contributed by atoms with E-state index in [1.54, 1.807) is 12.1 Å². The van der Waals surface area contributed by atoms with Gasteiger partial charge in [0, 0.05) is 0 Å². The number of aromatic amines is 1. The van der Waals surface area contributed by atoms with Crippen LogP contribution in [0.4, 0.5) is 11.6 Å². The summed E-state index contributed by atoms with van der Waals surface area (Å²) >= 11 is -2.53. The van der Waals surface area contributed by atoms with Crippen molar-refractivity contribution in [2.75, 3.05) is 11.4 Å². The van der Waals surface area contributed by atoms with E-state index >= 15 is 0 Å². The number of H-pyrrole nitrogens is 1. The Balaban J connectivity index is 2.56. The van der Waals surface area contributed by atoms with Crippen molar-refractivity contribution in [3.05, 3.63) is 30.1 Å². The zero-order valence-corrected chi connectivity index (χ0v) is 10.6. The van der Waals surface area contributed by atoms with Gasteiger partial charge >= 0.3 is 0 Å². The third-order valence-electron chi connectivity index (χ3n) is 2.30. The molecular formula is C10H11N4O3S-. The van der Waals surface area contributed by atoms with Crippen LogP contribution in [-0.2, 0) is 11.3 Å². The van der Waals surface area contributed by atoms with Gasteiger partial charge in [-0.25, -0.2) is 9.40 Å². The van der Waals surface area contributed by atoms with Crippen LogP contribution in [0, 0.1) is 6.92 Å². The summed E-state index contributed by atoms with van der Waals surface area (Å²) in [6.07, 6.45) is 1.23. The summed E-state index contributed by atoms with van der Waals surface area (Å²) in [5.74, 6) is 0.536. The first kappa shape index (κ1) is 12.5. The number of aromatic nitrogens is 3. The molecule has 8 heteroatoms. The molecule has 0 aliphatic carbocycles. The molecule has 2 aromatic rings. The molecule has 1 aromatic carbocycles. The molecule has 0 saturated carbocycles. The molecule has 0 amide bonds. The van der Waals surface area contributed by atoms with Gasteiger partial charge in [0.05, 0.1) is 24.1 Å². The zero-order valence-electron chi connectivity index (χ0n) is 9.78. The highest BCUT2D eigenvalue weighted by atomic mass is 32.2. The number of nitrogens with zero attached hydrogens (tertiary/aromatic N) is 3. The highest BCUT2D eigenvalue weighted by Crippen LogP contribution is 2.33. The monoisotopic (exact) mass is 267 g/mol. The maximum absolute atomic E-state index is 11.4. The van der Waals surface area contributed by atoms with Gasteiger partial charge in [-0.15, -0.1) is 0 Å². The van der Waals surface area contributed by atoms with Crippen molar-refractivity contribution < 1.29 is 13.5 Å². The van der Waals surface area contributed by atoms with E-state index in [2.05, 4.69) is 15.2 Å². The Morgan fingerprint density at radius 3 is 2.83 bits per heavy atom. The molecule has 0 saturated heterocycles. The van der Waals surface area contributed by atoms with Crippen molar-refractivity contribution in [3.8, 4) is 5.75 Å². The summed E-state index contributed by atoms with van der Waals surface area (Å²) in [5.41, 5.74) is 1.28. The van der Waals surface area contributed by atoms with Crippen molar-refractivity contribution in [1.82, 2.24) is 15.2 Å². The lowest BCUT2D eigenvalue weighted by Crippen LogP contribution is -2.21. The number of hydrogen-bond donors (Lipinski definition) is 1. The number of methoxy groups -OCH3 is 1. The predicted octanol–water partition coefficient (Wildman–Crippen LogP) is 1.05. The first-order valence-corrected chi connectivity index (χ1v) is 6.06. The van der Waals surface area contributed by atoms with Crippen molar-refractivity contribution >= 4 is 22.9 Å². The smallest absolute Gasteiger partial charge is 0.237 e. The van der Waals surface area contributed by atoms with Crippen LogP contribution in [-0.4, -0.2) is 31.1 Å². The van der Waals surface area contributed by atoms with Crippen molar-refractivity contribution in [2.45, 2.75) is 6.92 Å². The number of benzene rings is 1. The van der Waals surface area contributed by atoms with Gasteiger partial charge in [-0.1, -0.05) is 6.07 Å². The molecule has 7 nitrogen and oxygen atoms in total. The highest BCUT2D eigenvalue weighted by Gasteiger charge is 2.17. The molecule has 1 heterocycles. The Kier molecular flexibility index (Phi) is 3.58. The fraction of sp³-hybridized carbons (Fsp3) is 0.200. The van der Waals surface area contributed by atoms with Crippen molar-refractivity contribution in [2.24, 2.45) is 0 Å². The second-order valence-corrected chi connectivity index (χ2v) is 4.30. The molecule has 0 fully saturated rings. The fourth-order valence-electron chi connectivity index (χ4n) is 1.52. The number of aryl methyl sites for hydroxylation is 1. The molecule has 1 atom stereocenters. The van der Waals surface area contributed by atoms with Gasteiger partial charge < -0.3 is 9.29 Å². The Bertz CT molecular complexity index is 558. The molecule has 0 bridgehead atoms. The third-order valence-corrected chi connectivity index (χ3v) is 2.96. The molecule has 18 heavy (non-hydrogen) atoms. The van der Waals surface area contributed by atoms with E-state index in [9.17, 15) is 8.76 Å². The number of ether oxygens (including phenoxy) is 1. The molecule has 1 unspecified atom stereocenters. The van der Waals surface area contributed by atoms with Gasteiger partial charge in [-0.05, 0) is 24.6 Å². The highest BCUT2D eigenvalue weighted by molar-refractivity contribution is 7.81. The molecular weight excluding hydrogens is 256 g/mol. The van der Waals surface area contributed by atoms with Crippen molar-refractivity contribution in [1.29, 1.82) is 0 Å². The van der Waals surface area contributed by atoms with Gasteiger partial charge in [-0.2, -0.15) is 10.1 Å². The first-order valence-electron chi connectivity index (χ1n) is 5.03. The lowest BCUT2D eigenvalue weighted by atomic mass is 10.2. The molecule has 1 aromatic heterocycles. The molecule has 96 valence electrons. The van der Waals surface area contributed by atoms with Crippen LogP contribution in [0.1, 0.15) is 5.56 Å². The average molecular weight is 267 g/mol. The van der Waals surface area contributed by atoms with E-state index in [1.807, 2.05) is 13.0 Å². The normalized spacial score (nSPS) is 12.2. The quantitative estimate of drug-likeness (QED) is 0.836. The van der Waals surface area contributed by atoms with Gasteiger partial charge in [-0.3, -0.25) is 4.21 Å². The van der Waals surface area contributed by atoms with Crippen LogP contribution in [0.3, 0.4) is 0 Å². The Hall–Kier alpha value is -1.93. The van der Waals surface area contributed by atoms with E-state index in [1.165, 1.54) is 13.4 Å². The summed E-state index contributed by atoms with van der Waals surface area (Å²) in [6.45, 7) is 1.86. The second kappa shape index (κ2) is 5.15. The topological polar surface area (TPSA) is 94.2 Å². The van der Waals surface area contributed by atoms with Crippen LogP contribution in [0.15, 0.2) is 24.5 Å². The Morgan fingerprint density at radius 2 is 2.28 bits per heavy atom. The number of hydrogen-bond acceptors (Lipinski definition) is 5. The van der Waals surface area contributed by atoms with Gasteiger partial charge in [0.25, 0.3) is 0 Å². The summed E-state index contributed by atoms with van der Waals surface area (Å²) in [5, 5.41) is 6.14. The van der Waals surface area contributed by atoms with Crippen LogP contribution in [0.2, 0.25) is 0 Å². The summed E-state index contributed by atoms with van der Waals surface area (Å²) in [4.78, 5) is 3.83. The van der Waals surface area contributed by atoms with Gasteiger partial charge in [0.15, 0.2) is 0 Å². The maximum atomic E-state index is 11.4. The molecule has 0 radical (unpaired) electrons. The molecule has 2 rings (SSSR count). The van der Waals surface area contributed by atoms with E-state index in [4.69, 9.17) is 4.74 Å². The SMILES string of the molecule is COc1ccc(C)cc1N(c1ncn[nH]1)S(=O)[O-]. The van der Waals surface area contributed by atoms with E-state index in [-0.39, 0.29) is 5.95 Å². The molecule has 1 N–H and O–H groups in total. The van der Waals surface area contributed by atoms with Crippen molar-refractivity contribution in [3.63, 3.8) is 0 Å².